The van der Waals surface area contributed by atoms with Crippen molar-refractivity contribution < 1.29 is 20.0 Å². The number of likely N-dealkylation sites (N-methyl/N-ethyl adjacent to an activating group) is 1. The minimum absolute atomic E-state index is 0.0510. The molecule has 0 N–H and O–H groups in total. The van der Waals surface area contributed by atoms with Crippen LogP contribution in [0.3, 0.4) is 0 Å². The molecule has 2 aliphatic rings. The van der Waals surface area contributed by atoms with E-state index in [2.05, 4.69) is 0 Å². The molecule has 1 saturated heterocycles. The average molecular weight is 413 g/mol. The Bertz CT molecular complexity index is 1010. The van der Waals surface area contributed by atoms with Gasteiger partial charge in [-0.05, 0) is 50.2 Å². The van der Waals surface area contributed by atoms with Crippen LogP contribution in [-0.2, 0) is 6.18 Å². The van der Waals surface area contributed by atoms with Crippen molar-refractivity contribution in [3.05, 3.63) is 48.0 Å². The van der Waals surface area contributed by atoms with Gasteiger partial charge in [0.05, 0.1) is 16.9 Å². The minimum Gasteiger partial charge on any atom is -0.340 e. The highest BCUT2D eigenvalue weighted by atomic mass is 32.2. The van der Waals surface area contributed by atoms with Gasteiger partial charge in [-0.2, -0.15) is 13.2 Å². The van der Waals surface area contributed by atoms with Crippen molar-refractivity contribution in [3.63, 3.8) is 0 Å². The molecule has 2 aromatic rings. The zero-order chi connectivity index (χ0) is 24.0. The predicted molar refractivity (Wildman–Crippen MR) is 108 cm³/mol. The summed E-state index contributed by atoms with van der Waals surface area (Å²) in [5.74, 6) is 0. The van der Waals surface area contributed by atoms with Crippen LogP contribution in [0.2, 0.25) is 0 Å². The number of fused-ring (bicyclic) bond motifs is 2. The first-order valence-electron chi connectivity index (χ1n) is 11.6. The van der Waals surface area contributed by atoms with Crippen molar-refractivity contribution in [3.8, 4) is 0 Å². The molecule has 0 aromatic heterocycles. The second-order valence-electron chi connectivity index (χ2n) is 6.78. The maximum atomic E-state index is 13.4. The third kappa shape index (κ3) is 4.16. The lowest BCUT2D eigenvalue weighted by Gasteiger charge is -2.35. The molecular formula is C21H24F3N3S. The molecule has 4 rings (SSSR count). The number of para-hydroxylation sites is 1. The third-order valence-electron chi connectivity index (χ3n) is 4.90. The van der Waals surface area contributed by atoms with Crippen molar-refractivity contribution in [2.75, 3.05) is 51.1 Å². The maximum Gasteiger partial charge on any atom is 0.416 e. The zero-order valence-electron chi connectivity index (χ0n) is 20.2. The highest BCUT2D eigenvalue weighted by Gasteiger charge is 2.33. The minimum atomic E-state index is -4.47. The monoisotopic (exact) mass is 412 g/mol. The number of anilines is 2. The Hall–Kier alpha value is -1.70. The van der Waals surface area contributed by atoms with E-state index in [0.717, 1.165) is 22.7 Å². The predicted octanol–water partition coefficient (Wildman–Crippen LogP) is 4.95. The molecule has 28 heavy (non-hydrogen) atoms. The van der Waals surface area contributed by atoms with E-state index >= 15 is 0 Å². The van der Waals surface area contributed by atoms with Crippen LogP contribution in [-0.4, -0.2) is 56.0 Å². The van der Waals surface area contributed by atoms with Crippen molar-refractivity contribution in [1.82, 2.24) is 9.80 Å². The molecule has 0 saturated carbocycles. The maximum absolute atomic E-state index is 13.4. The first kappa shape index (κ1) is 14.3. The van der Waals surface area contributed by atoms with Gasteiger partial charge in [-0.15, -0.1) is 0 Å². The smallest absolute Gasteiger partial charge is 0.340 e. The summed E-state index contributed by atoms with van der Waals surface area (Å²) in [5, 5.41) is 0. The van der Waals surface area contributed by atoms with Gasteiger partial charge in [-0.1, -0.05) is 23.9 Å². The molecule has 0 atom stereocenters. The molecule has 0 radical (unpaired) electrons. The fourth-order valence-corrected chi connectivity index (χ4v) is 4.51. The lowest BCUT2D eigenvalue weighted by Crippen LogP contribution is -2.45. The Kier molecular flexibility index (Phi) is 4.07. The first-order valence-corrected chi connectivity index (χ1v) is 9.94. The first-order chi connectivity index (χ1) is 15.4. The quantitative estimate of drug-likeness (QED) is 0.703. The third-order valence-corrected chi connectivity index (χ3v) is 6.03. The topological polar surface area (TPSA) is 9.72 Å². The van der Waals surface area contributed by atoms with Gasteiger partial charge in [0, 0.05) is 49.4 Å². The number of rotatable bonds is 4. The van der Waals surface area contributed by atoms with E-state index in [4.69, 9.17) is 6.85 Å². The van der Waals surface area contributed by atoms with Gasteiger partial charge >= 0.3 is 6.18 Å². The second-order valence-corrected chi connectivity index (χ2v) is 7.87. The van der Waals surface area contributed by atoms with Crippen LogP contribution in [0.4, 0.5) is 24.5 Å². The number of piperazine rings is 1. The fraction of sp³-hybridized carbons (Fsp3) is 0.429. The summed E-state index contributed by atoms with van der Waals surface area (Å²) in [5.41, 5.74) is 0.420. The summed E-state index contributed by atoms with van der Waals surface area (Å²) in [6.07, 6.45) is -4.42. The number of halogens is 3. The van der Waals surface area contributed by atoms with Gasteiger partial charge < -0.3 is 14.7 Å². The summed E-state index contributed by atoms with van der Waals surface area (Å²) < 4.78 is 79.9. The van der Waals surface area contributed by atoms with Gasteiger partial charge in [0.1, 0.15) is 0 Å². The van der Waals surface area contributed by atoms with E-state index in [9.17, 15) is 13.2 Å². The Morgan fingerprint density at radius 1 is 1.04 bits per heavy atom. The van der Waals surface area contributed by atoms with E-state index in [0.29, 0.717) is 10.6 Å². The van der Waals surface area contributed by atoms with E-state index < -0.39 is 25.2 Å². The van der Waals surface area contributed by atoms with Crippen molar-refractivity contribution in [2.24, 2.45) is 0 Å². The molecule has 0 aliphatic carbocycles. The van der Waals surface area contributed by atoms with Gasteiger partial charge in [-0.25, -0.2) is 0 Å². The molecule has 2 aromatic carbocycles. The molecule has 7 heteroatoms. The highest BCUT2D eigenvalue weighted by molar-refractivity contribution is 7.99. The number of alkyl halides is 3. The van der Waals surface area contributed by atoms with E-state index in [1.807, 2.05) is 24.3 Å². The largest absolute Gasteiger partial charge is 0.416 e. The summed E-state index contributed by atoms with van der Waals surface area (Å²) in [4.78, 5) is 6.32. The molecule has 0 bridgehead atoms. The van der Waals surface area contributed by atoms with Gasteiger partial charge in [0.25, 0.3) is 0 Å². The molecule has 2 aliphatic heterocycles. The van der Waals surface area contributed by atoms with Crippen molar-refractivity contribution in [2.45, 2.75) is 22.4 Å². The number of benzene rings is 2. The van der Waals surface area contributed by atoms with E-state index in [1.54, 1.807) is 9.80 Å². The van der Waals surface area contributed by atoms with E-state index in [1.165, 1.54) is 22.7 Å². The molecule has 2 heterocycles. The standard InChI is InChI=1S/C21H24F3N3S/c1-25-11-13-26(14-12-25)9-4-10-27-17-5-2-3-6-19(17)28-20-8-7-16(15-18(20)27)21(22,23)24/h2-3,5-8,15H,4,9-14H2,1H3/i1D3,9D2. The SMILES string of the molecule is [2H]C([2H])([2H])N1CCN(C([2H])([2H])CCN2c3ccccc3Sc3ccc(C(F)(F)F)cc32)CC1. The fourth-order valence-electron chi connectivity index (χ4n) is 3.43. The van der Waals surface area contributed by atoms with Gasteiger partial charge in [0.15, 0.2) is 0 Å². The van der Waals surface area contributed by atoms with Crippen LogP contribution >= 0.6 is 11.8 Å². The Balaban J connectivity index is 1.55. The lowest BCUT2D eigenvalue weighted by molar-refractivity contribution is -0.137. The van der Waals surface area contributed by atoms with Crippen LogP contribution in [0.5, 0.6) is 0 Å². The normalized spacial score (nSPS) is 21.7. The lowest BCUT2D eigenvalue weighted by atomic mass is 10.1. The van der Waals surface area contributed by atoms with Crippen LogP contribution in [0.25, 0.3) is 0 Å². The Morgan fingerprint density at radius 2 is 1.79 bits per heavy atom. The molecular weight excluding hydrogens is 383 g/mol. The Labute approximate surface area is 175 Å². The molecule has 0 spiro atoms. The molecule has 0 amide bonds. The zero-order valence-corrected chi connectivity index (χ0v) is 16.0. The number of nitrogens with zero attached hydrogens (tertiary/aromatic N) is 3. The average Bonchev–Trinajstić information content (AvgIpc) is 2.75. The highest BCUT2D eigenvalue weighted by Crippen LogP contribution is 2.49. The Morgan fingerprint density at radius 3 is 2.54 bits per heavy atom. The van der Waals surface area contributed by atoms with Crippen LogP contribution < -0.4 is 4.90 Å². The molecule has 1 fully saturated rings. The summed E-state index contributed by atoms with van der Waals surface area (Å²) >= 11 is 1.40. The molecule has 150 valence electrons. The van der Waals surface area contributed by atoms with Crippen molar-refractivity contribution >= 4 is 23.1 Å². The van der Waals surface area contributed by atoms with Crippen LogP contribution in [0, 0.1) is 0 Å². The molecule has 0 unspecified atom stereocenters. The van der Waals surface area contributed by atoms with Gasteiger partial charge in [-0.3, -0.25) is 0 Å². The van der Waals surface area contributed by atoms with E-state index in [-0.39, 0.29) is 39.1 Å². The van der Waals surface area contributed by atoms with Crippen LogP contribution in [0.1, 0.15) is 18.8 Å². The van der Waals surface area contributed by atoms with Gasteiger partial charge in [0.2, 0.25) is 0 Å². The second kappa shape index (κ2) is 7.97. The molecule has 3 nitrogen and oxygen atoms in total. The van der Waals surface area contributed by atoms with Crippen molar-refractivity contribution in [1.29, 1.82) is 0 Å². The summed E-state index contributed by atoms with van der Waals surface area (Å²) in [7, 11) is 0. The number of hydrogen-bond acceptors (Lipinski definition) is 4. The summed E-state index contributed by atoms with van der Waals surface area (Å²) in [6.45, 7) is -2.75. The summed E-state index contributed by atoms with van der Waals surface area (Å²) in [6, 6.07) is 11.1. The van der Waals surface area contributed by atoms with Crippen LogP contribution in [0.15, 0.2) is 52.3 Å². The number of hydrogen-bond donors (Lipinski definition) is 0.